The minimum atomic E-state index is -0.138. The number of anilines is 1. The third-order valence-electron chi connectivity index (χ3n) is 4.18. The first-order valence-corrected chi connectivity index (χ1v) is 7.65. The van der Waals surface area contributed by atoms with E-state index in [1.807, 2.05) is 37.3 Å². The van der Waals surface area contributed by atoms with Gasteiger partial charge in [0.25, 0.3) is 5.95 Å². The zero-order valence-electron chi connectivity index (χ0n) is 12.4. The molecule has 2 unspecified atom stereocenters. The zero-order valence-corrected chi connectivity index (χ0v) is 12.4. The van der Waals surface area contributed by atoms with Crippen molar-refractivity contribution in [2.24, 2.45) is 5.73 Å². The number of nitrogens with zero attached hydrogens (tertiary/aromatic N) is 3. The van der Waals surface area contributed by atoms with E-state index in [0.717, 1.165) is 18.7 Å². The standard InChI is InChI=1S/C16H22N4O/c1-12(14(17)13-8-4-2-5-9-13)15-18-16(19-21-15)20-10-6-3-7-11-20/h2,4-5,8-9,12,14H,3,6-7,10-11,17H2,1H3. The van der Waals surface area contributed by atoms with Crippen LogP contribution >= 0.6 is 0 Å². The third kappa shape index (κ3) is 3.08. The fourth-order valence-corrected chi connectivity index (χ4v) is 2.75. The van der Waals surface area contributed by atoms with Gasteiger partial charge in [0.05, 0.1) is 5.92 Å². The molecule has 0 saturated carbocycles. The van der Waals surface area contributed by atoms with E-state index < -0.39 is 0 Å². The van der Waals surface area contributed by atoms with E-state index >= 15 is 0 Å². The number of benzene rings is 1. The largest absolute Gasteiger partial charge is 0.338 e. The van der Waals surface area contributed by atoms with Crippen molar-refractivity contribution < 1.29 is 4.52 Å². The van der Waals surface area contributed by atoms with E-state index in [0.29, 0.717) is 11.8 Å². The molecule has 1 aliphatic heterocycles. The highest BCUT2D eigenvalue weighted by molar-refractivity contribution is 5.29. The first kappa shape index (κ1) is 14.1. The lowest BCUT2D eigenvalue weighted by atomic mass is 9.95. The van der Waals surface area contributed by atoms with Crippen molar-refractivity contribution in [1.82, 2.24) is 10.1 Å². The number of hydrogen-bond donors (Lipinski definition) is 1. The van der Waals surface area contributed by atoms with Crippen LogP contribution in [0.15, 0.2) is 34.9 Å². The van der Waals surface area contributed by atoms with E-state index in [2.05, 4.69) is 15.0 Å². The smallest absolute Gasteiger partial charge is 0.266 e. The molecule has 2 atom stereocenters. The maximum Gasteiger partial charge on any atom is 0.266 e. The lowest BCUT2D eigenvalue weighted by Gasteiger charge is -2.24. The van der Waals surface area contributed by atoms with Gasteiger partial charge in [-0.2, -0.15) is 4.98 Å². The maximum atomic E-state index is 6.32. The van der Waals surface area contributed by atoms with Crippen molar-refractivity contribution >= 4 is 5.95 Å². The fourth-order valence-electron chi connectivity index (χ4n) is 2.75. The van der Waals surface area contributed by atoms with Crippen LogP contribution in [0.5, 0.6) is 0 Å². The first-order chi connectivity index (χ1) is 10.3. The monoisotopic (exact) mass is 286 g/mol. The Hall–Kier alpha value is -1.88. The molecule has 0 aliphatic carbocycles. The Morgan fingerprint density at radius 1 is 1.14 bits per heavy atom. The van der Waals surface area contributed by atoms with Gasteiger partial charge in [0.2, 0.25) is 5.89 Å². The predicted molar refractivity (Wildman–Crippen MR) is 82.1 cm³/mol. The van der Waals surface area contributed by atoms with Gasteiger partial charge in [0.1, 0.15) is 0 Å². The topological polar surface area (TPSA) is 68.2 Å². The summed E-state index contributed by atoms with van der Waals surface area (Å²) in [6.07, 6.45) is 3.68. The molecule has 1 aliphatic rings. The fraction of sp³-hybridized carbons (Fsp3) is 0.500. The highest BCUT2D eigenvalue weighted by atomic mass is 16.5. The summed E-state index contributed by atoms with van der Waals surface area (Å²) in [7, 11) is 0. The van der Waals surface area contributed by atoms with E-state index in [1.54, 1.807) is 0 Å². The molecular formula is C16H22N4O. The Morgan fingerprint density at radius 3 is 2.57 bits per heavy atom. The van der Waals surface area contributed by atoms with Crippen LogP contribution < -0.4 is 10.6 Å². The Bertz CT molecular complexity index is 563. The molecule has 1 aromatic heterocycles. The molecule has 0 spiro atoms. The summed E-state index contributed by atoms with van der Waals surface area (Å²) < 4.78 is 5.44. The summed E-state index contributed by atoms with van der Waals surface area (Å²) in [5.74, 6) is 1.32. The minimum absolute atomic E-state index is 0.00144. The van der Waals surface area contributed by atoms with Crippen LogP contribution in [0.25, 0.3) is 0 Å². The summed E-state index contributed by atoms with van der Waals surface area (Å²) in [6, 6.07) is 9.90. The second-order valence-corrected chi connectivity index (χ2v) is 5.71. The second-order valence-electron chi connectivity index (χ2n) is 5.71. The number of piperidine rings is 1. The van der Waals surface area contributed by atoms with Gasteiger partial charge >= 0.3 is 0 Å². The molecule has 0 radical (unpaired) electrons. The van der Waals surface area contributed by atoms with Gasteiger partial charge in [0, 0.05) is 19.1 Å². The molecule has 1 saturated heterocycles. The highest BCUT2D eigenvalue weighted by Crippen LogP contribution is 2.28. The quantitative estimate of drug-likeness (QED) is 0.936. The SMILES string of the molecule is CC(c1nc(N2CCCCC2)no1)C(N)c1ccccc1. The van der Waals surface area contributed by atoms with E-state index in [4.69, 9.17) is 10.3 Å². The van der Waals surface area contributed by atoms with Crippen LogP contribution in [0.3, 0.4) is 0 Å². The molecule has 5 heteroatoms. The molecule has 21 heavy (non-hydrogen) atoms. The first-order valence-electron chi connectivity index (χ1n) is 7.65. The number of nitrogens with two attached hydrogens (primary N) is 1. The Labute approximate surface area is 125 Å². The maximum absolute atomic E-state index is 6.32. The van der Waals surface area contributed by atoms with E-state index in [-0.39, 0.29) is 12.0 Å². The predicted octanol–water partition coefficient (Wildman–Crippen LogP) is 2.86. The molecular weight excluding hydrogens is 264 g/mol. The van der Waals surface area contributed by atoms with Gasteiger partial charge in [-0.3, -0.25) is 0 Å². The molecule has 0 amide bonds. The van der Waals surface area contributed by atoms with Gasteiger partial charge in [-0.25, -0.2) is 0 Å². The Balaban J connectivity index is 1.73. The van der Waals surface area contributed by atoms with Crippen molar-refractivity contribution in [3.8, 4) is 0 Å². The van der Waals surface area contributed by atoms with Gasteiger partial charge in [-0.1, -0.05) is 37.3 Å². The summed E-state index contributed by atoms with van der Waals surface area (Å²) in [6.45, 7) is 4.06. The van der Waals surface area contributed by atoms with Crippen LogP contribution in [0, 0.1) is 0 Å². The van der Waals surface area contributed by atoms with Crippen LogP contribution in [0.4, 0.5) is 5.95 Å². The van der Waals surface area contributed by atoms with Gasteiger partial charge < -0.3 is 15.2 Å². The summed E-state index contributed by atoms with van der Waals surface area (Å²) >= 11 is 0. The number of hydrogen-bond acceptors (Lipinski definition) is 5. The van der Waals surface area contributed by atoms with E-state index in [1.165, 1.54) is 19.3 Å². The molecule has 2 N–H and O–H groups in total. The minimum Gasteiger partial charge on any atom is -0.338 e. The molecule has 2 aromatic rings. The van der Waals surface area contributed by atoms with Gasteiger partial charge in [0.15, 0.2) is 0 Å². The average Bonchev–Trinajstić information content (AvgIpc) is 3.05. The van der Waals surface area contributed by atoms with Gasteiger partial charge in [-0.05, 0) is 30.0 Å². The molecule has 1 aromatic carbocycles. The number of aromatic nitrogens is 2. The van der Waals surface area contributed by atoms with E-state index in [9.17, 15) is 0 Å². The normalized spacial score (nSPS) is 18.5. The molecule has 1 fully saturated rings. The Kier molecular flexibility index (Phi) is 4.20. The number of rotatable bonds is 4. The average molecular weight is 286 g/mol. The highest BCUT2D eigenvalue weighted by Gasteiger charge is 2.24. The van der Waals surface area contributed by atoms with Gasteiger partial charge in [-0.15, -0.1) is 0 Å². The van der Waals surface area contributed by atoms with Crippen LogP contribution in [-0.4, -0.2) is 23.2 Å². The zero-order chi connectivity index (χ0) is 14.7. The molecule has 112 valence electrons. The van der Waals surface area contributed by atoms with Crippen LogP contribution in [-0.2, 0) is 0 Å². The van der Waals surface area contributed by atoms with Crippen LogP contribution in [0.1, 0.15) is 49.6 Å². The second kappa shape index (κ2) is 6.26. The van der Waals surface area contributed by atoms with Crippen molar-refractivity contribution in [2.45, 2.75) is 38.1 Å². The summed E-state index contributed by atoms with van der Waals surface area (Å²) in [5.41, 5.74) is 7.40. The van der Waals surface area contributed by atoms with Crippen molar-refractivity contribution in [1.29, 1.82) is 0 Å². The Morgan fingerprint density at radius 2 is 1.86 bits per heavy atom. The molecule has 5 nitrogen and oxygen atoms in total. The lowest BCUT2D eigenvalue weighted by Crippen LogP contribution is -2.30. The molecule has 2 heterocycles. The third-order valence-corrected chi connectivity index (χ3v) is 4.18. The molecule has 3 rings (SSSR count). The summed E-state index contributed by atoms with van der Waals surface area (Å²) in [5, 5.41) is 4.12. The molecule has 0 bridgehead atoms. The summed E-state index contributed by atoms with van der Waals surface area (Å²) in [4.78, 5) is 6.74. The van der Waals surface area contributed by atoms with Crippen molar-refractivity contribution in [2.75, 3.05) is 18.0 Å². The van der Waals surface area contributed by atoms with Crippen LogP contribution in [0.2, 0.25) is 0 Å². The lowest BCUT2D eigenvalue weighted by molar-refractivity contribution is 0.342. The van der Waals surface area contributed by atoms with Crippen molar-refractivity contribution in [3.05, 3.63) is 41.8 Å². The van der Waals surface area contributed by atoms with Crippen molar-refractivity contribution in [3.63, 3.8) is 0 Å².